The van der Waals surface area contributed by atoms with Gasteiger partial charge in [0.15, 0.2) is 11.6 Å². The van der Waals surface area contributed by atoms with Gasteiger partial charge in [-0.15, -0.1) is 0 Å². The van der Waals surface area contributed by atoms with Gasteiger partial charge in [0, 0.05) is 22.3 Å². The molecule has 0 aliphatic rings. The maximum absolute atomic E-state index is 12.8. The van der Waals surface area contributed by atoms with E-state index >= 15 is 0 Å². The van der Waals surface area contributed by atoms with Crippen LogP contribution >= 0.6 is 0 Å². The smallest absolute Gasteiger partial charge is 0.193 e. The number of benzene rings is 3. The molecule has 0 aromatic heterocycles. The van der Waals surface area contributed by atoms with Gasteiger partial charge in [-0.3, -0.25) is 9.59 Å². The second-order valence-corrected chi connectivity index (χ2v) is 7.79. The van der Waals surface area contributed by atoms with Gasteiger partial charge in [-0.05, 0) is 29.0 Å². The Morgan fingerprint density at radius 3 is 1.21 bits per heavy atom. The van der Waals surface area contributed by atoms with Crippen LogP contribution in [0.15, 0.2) is 72.8 Å². The standard InChI is InChI=1S/C26H26O2/c1-17(2)19-8-12-21(13-9-19)25(27)23-6-5-7-24(16-23)26(28)22-14-10-20(11-15-22)18(3)4/h5-18H,1-4H3. The minimum Gasteiger partial charge on any atom is -0.289 e. The zero-order chi connectivity index (χ0) is 20.3. The topological polar surface area (TPSA) is 34.1 Å². The first-order valence-electron chi connectivity index (χ1n) is 9.76. The van der Waals surface area contributed by atoms with Crippen molar-refractivity contribution in [3.05, 3.63) is 106 Å². The van der Waals surface area contributed by atoms with E-state index in [9.17, 15) is 9.59 Å². The summed E-state index contributed by atoms with van der Waals surface area (Å²) in [6.45, 7) is 8.50. The van der Waals surface area contributed by atoms with Gasteiger partial charge in [0.1, 0.15) is 0 Å². The summed E-state index contributed by atoms with van der Waals surface area (Å²) in [6, 6.07) is 22.4. The molecule has 0 unspecified atom stereocenters. The van der Waals surface area contributed by atoms with E-state index in [-0.39, 0.29) is 11.6 Å². The van der Waals surface area contributed by atoms with E-state index in [1.54, 1.807) is 24.3 Å². The van der Waals surface area contributed by atoms with E-state index in [2.05, 4.69) is 27.7 Å². The van der Waals surface area contributed by atoms with Crippen LogP contribution in [0.3, 0.4) is 0 Å². The third-order valence-corrected chi connectivity index (χ3v) is 5.07. The summed E-state index contributed by atoms with van der Waals surface area (Å²) >= 11 is 0. The van der Waals surface area contributed by atoms with Gasteiger partial charge >= 0.3 is 0 Å². The van der Waals surface area contributed by atoms with Crippen LogP contribution < -0.4 is 0 Å². The summed E-state index contributed by atoms with van der Waals surface area (Å²) in [5.41, 5.74) is 4.73. The van der Waals surface area contributed by atoms with Crippen LogP contribution in [0.1, 0.15) is 82.5 Å². The molecule has 0 fully saturated rings. The molecule has 0 heterocycles. The Kier molecular flexibility index (Phi) is 5.89. The van der Waals surface area contributed by atoms with E-state index in [1.165, 1.54) is 11.1 Å². The number of ketones is 2. The van der Waals surface area contributed by atoms with Gasteiger partial charge in [-0.2, -0.15) is 0 Å². The van der Waals surface area contributed by atoms with E-state index in [0.717, 1.165) is 0 Å². The molecular weight excluding hydrogens is 344 g/mol. The predicted molar refractivity (Wildman–Crippen MR) is 114 cm³/mol. The van der Waals surface area contributed by atoms with Crippen molar-refractivity contribution in [2.24, 2.45) is 0 Å². The van der Waals surface area contributed by atoms with Gasteiger partial charge in [-0.1, -0.05) is 94.4 Å². The Labute approximate surface area is 167 Å². The number of rotatable bonds is 6. The quantitative estimate of drug-likeness (QED) is 0.471. The molecule has 2 heteroatoms. The zero-order valence-corrected chi connectivity index (χ0v) is 16.9. The summed E-state index contributed by atoms with van der Waals surface area (Å²) < 4.78 is 0. The minimum atomic E-state index is -0.0693. The molecule has 0 amide bonds. The fourth-order valence-corrected chi connectivity index (χ4v) is 3.17. The normalized spacial score (nSPS) is 11.1. The van der Waals surface area contributed by atoms with Crippen LogP contribution in [-0.2, 0) is 0 Å². The van der Waals surface area contributed by atoms with Crippen molar-refractivity contribution >= 4 is 11.6 Å². The van der Waals surface area contributed by atoms with Crippen LogP contribution in [0.2, 0.25) is 0 Å². The van der Waals surface area contributed by atoms with Crippen molar-refractivity contribution in [3.8, 4) is 0 Å². The summed E-state index contributed by atoms with van der Waals surface area (Å²) in [5.74, 6) is 0.708. The van der Waals surface area contributed by atoms with Crippen molar-refractivity contribution in [3.63, 3.8) is 0 Å². The van der Waals surface area contributed by atoms with E-state index in [0.29, 0.717) is 34.1 Å². The lowest BCUT2D eigenvalue weighted by atomic mass is 9.95. The first kappa shape index (κ1) is 19.8. The van der Waals surface area contributed by atoms with E-state index in [4.69, 9.17) is 0 Å². The predicted octanol–water partition coefficient (Wildman–Crippen LogP) is 6.40. The molecule has 0 radical (unpaired) electrons. The van der Waals surface area contributed by atoms with E-state index < -0.39 is 0 Å². The third kappa shape index (κ3) is 4.28. The van der Waals surface area contributed by atoms with Crippen molar-refractivity contribution < 1.29 is 9.59 Å². The highest BCUT2D eigenvalue weighted by Gasteiger charge is 2.14. The second-order valence-electron chi connectivity index (χ2n) is 7.79. The third-order valence-electron chi connectivity index (χ3n) is 5.07. The fraction of sp³-hybridized carbons (Fsp3) is 0.231. The Morgan fingerprint density at radius 2 is 0.893 bits per heavy atom. The SMILES string of the molecule is CC(C)c1ccc(C(=O)c2cccc(C(=O)c3ccc(C(C)C)cc3)c2)cc1. The molecule has 0 aliphatic carbocycles. The molecule has 0 atom stereocenters. The van der Waals surface area contributed by atoms with Crippen molar-refractivity contribution in [1.29, 1.82) is 0 Å². The Balaban J connectivity index is 1.85. The lowest BCUT2D eigenvalue weighted by Gasteiger charge is -2.08. The second kappa shape index (κ2) is 8.35. The highest BCUT2D eigenvalue weighted by molar-refractivity contribution is 6.13. The summed E-state index contributed by atoms with van der Waals surface area (Å²) in [5, 5.41) is 0. The van der Waals surface area contributed by atoms with Crippen LogP contribution in [-0.4, -0.2) is 11.6 Å². The largest absolute Gasteiger partial charge is 0.289 e. The first-order valence-corrected chi connectivity index (χ1v) is 9.76. The minimum absolute atomic E-state index is 0.0693. The molecule has 0 N–H and O–H groups in total. The van der Waals surface area contributed by atoms with Crippen LogP contribution in [0.5, 0.6) is 0 Å². The number of carbonyl (C=O) groups is 2. The molecule has 3 aromatic carbocycles. The Bertz CT molecular complexity index is 899. The summed E-state index contributed by atoms with van der Waals surface area (Å²) in [7, 11) is 0. The van der Waals surface area contributed by atoms with Crippen molar-refractivity contribution in [1.82, 2.24) is 0 Å². The average Bonchev–Trinajstić information content (AvgIpc) is 2.73. The van der Waals surface area contributed by atoms with E-state index in [1.807, 2.05) is 48.5 Å². The number of hydrogen-bond donors (Lipinski definition) is 0. The van der Waals surface area contributed by atoms with Gasteiger partial charge in [0.05, 0.1) is 0 Å². The lowest BCUT2D eigenvalue weighted by Crippen LogP contribution is -2.06. The highest BCUT2D eigenvalue weighted by atomic mass is 16.1. The summed E-state index contributed by atoms with van der Waals surface area (Å²) in [4.78, 5) is 25.7. The Hall–Kier alpha value is -3.00. The number of hydrogen-bond acceptors (Lipinski definition) is 2. The van der Waals surface area contributed by atoms with Crippen LogP contribution in [0.25, 0.3) is 0 Å². The highest BCUT2D eigenvalue weighted by Crippen LogP contribution is 2.20. The molecule has 3 aromatic rings. The van der Waals surface area contributed by atoms with Crippen LogP contribution in [0.4, 0.5) is 0 Å². The monoisotopic (exact) mass is 370 g/mol. The van der Waals surface area contributed by atoms with Gasteiger partial charge in [0.2, 0.25) is 0 Å². The zero-order valence-electron chi connectivity index (χ0n) is 16.9. The molecule has 0 saturated heterocycles. The maximum atomic E-state index is 12.8. The molecule has 2 nitrogen and oxygen atoms in total. The fourth-order valence-electron chi connectivity index (χ4n) is 3.17. The first-order chi connectivity index (χ1) is 13.4. The maximum Gasteiger partial charge on any atom is 0.193 e. The lowest BCUT2D eigenvalue weighted by molar-refractivity contribution is 0.103. The van der Waals surface area contributed by atoms with Gasteiger partial charge < -0.3 is 0 Å². The Morgan fingerprint density at radius 1 is 0.536 bits per heavy atom. The van der Waals surface area contributed by atoms with Gasteiger partial charge in [-0.25, -0.2) is 0 Å². The van der Waals surface area contributed by atoms with Gasteiger partial charge in [0.25, 0.3) is 0 Å². The average molecular weight is 370 g/mol. The molecule has 0 aliphatic heterocycles. The van der Waals surface area contributed by atoms with Crippen molar-refractivity contribution in [2.75, 3.05) is 0 Å². The summed E-state index contributed by atoms with van der Waals surface area (Å²) in [6.07, 6.45) is 0. The molecule has 3 rings (SSSR count). The molecule has 0 bridgehead atoms. The van der Waals surface area contributed by atoms with Crippen LogP contribution in [0, 0.1) is 0 Å². The molecule has 0 saturated carbocycles. The molecule has 142 valence electrons. The molecule has 0 spiro atoms. The molecule has 28 heavy (non-hydrogen) atoms. The number of carbonyl (C=O) groups excluding carboxylic acids is 2. The van der Waals surface area contributed by atoms with Crippen molar-refractivity contribution in [2.45, 2.75) is 39.5 Å². The molecular formula is C26H26O2.